The molecule has 10 heteroatoms. The summed E-state index contributed by atoms with van der Waals surface area (Å²) in [7, 11) is 2.20. The van der Waals surface area contributed by atoms with Gasteiger partial charge in [-0.15, -0.1) is 0 Å². The van der Waals surface area contributed by atoms with Gasteiger partial charge in [-0.25, -0.2) is 28.7 Å². The predicted octanol–water partition coefficient (Wildman–Crippen LogP) is 4.79. The molecular formula is C28H32F2N8. The van der Waals surface area contributed by atoms with Gasteiger partial charge < -0.3 is 14.8 Å². The van der Waals surface area contributed by atoms with Gasteiger partial charge in [-0.3, -0.25) is 4.90 Å². The zero-order chi connectivity index (χ0) is 26.6. The van der Waals surface area contributed by atoms with Gasteiger partial charge in [0.05, 0.1) is 11.7 Å². The van der Waals surface area contributed by atoms with Crippen molar-refractivity contribution in [3.05, 3.63) is 59.8 Å². The molecule has 0 amide bonds. The summed E-state index contributed by atoms with van der Waals surface area (Å²) in [5.41, 5.74) is 2.62. The molecule has 2 aliphatic heterocycles. The van der Waals surface area contributed by atoms with Crippen LogP contribution in [0.15, 0.2) is 36.8 Å². The first kappa shape index (κ1) is 24.8. The third kappa shape index (κ3) is 4.63. The fourth-order valence-electron chi connectivity index (χ4n) is 6.13. The van der Waals surface area contributed by atoms with E-state index in [0.29, 0.717) is 28.7 Å². The van der Waals surface area contributed by atoms with E-state index in [1.807, 2.05) is 37.7 Å². The molecule has 0 spiro atoms. The van der Waals surface area contributed by atoms with Gasteiger partial charge in [0.2, 0.25) is 5.95 Å². The average molecular weight is 519 g/mol. The van der Waals surface area contributed by atoms with Crippen LogP contribution >= 0.6 is 0 Å². The van der Waals surface area contributed by atoms with E-state index in [1.165, 1.54) is 19.2 Å². The molecule has 2 fully saturated rings. The third-order valence-corrected chi connectivity index (χ3v) is 7.70. The number of pyridine rings is 1. The van der Waals surface area contributed by atoms with Crippen molar-refractivity contribution in [2.75, 3.05) is 38.5 Å². The highest BCUT2D eigenvalue weighted by Gasteiger charge is 2.38. The van der Waals surface area contributed by atoms with Crippen LogP contribution in [0.25, 0.3) is 22.2 Å². The molecule has 2 aliphatic rings. The van der Waals surface area contributed by atoms with Crippen LogP contribution in [0, 0.1) is 30.4 Å². The summed E-state index contributed by atoms with van der Waals surface area (Å²) in [4.78, 5) is 22.3. The lowest BCUT2D eigenvalue weighted by molar-refractivity contribution is 0.271. The summed E-state index contributed by atoms with van der Waals surface area (Å²) in [6, 6.07) is 4.73. The van der Waals surface area contributed by atoms with Crippen LogP contribution < -0.4 is 5.32 Å². The van der Waals surface area contributed by atoms with Crippen LogP contribution in [0.5, 0.6) is 0 Å². The van der Waals surface area contributed by atoms with E-state index in [1.54, 1.807) is 12.1 Å². The van der Waals surface area contributed by atoms with Gasteiger partial charge in [-0.05, 0) is 63.4 Å². The molecule has 6 rings (SSSR count). The number of halogens is 2. The van der Waals surface area contributed by atoms with E-state index < -0.39 is 11.6 Å². The number of benzene rings is 1. The highest BCUT2D eigenvalue weighted by Crippen LogP contribution is 2.33. The maximum absolute atomic E-state index is 15.0. The van der Waals surface area contributed by atoms with Gasteiger partial charge in [-0.1, -0.05) is 0 Å². The third-order valence-electron chi connectivity index (χ3n) is 7.70. The molecule has 0 unspecified atom stereocenters. The van der Waals surface area contributed by atoms with Gasteiger partial charge in [0, 0.05) is 62.3 Å². The first-order chi connectivity index (χ1) is 18.2. The van der Waals surface area contributed by atoms with Crippen molar-refractivity contribution in [3.63, 3.8) is 0 Å². The number of imidazole rings is 1. The normalized spacial score (nSPS) is 20.1. The average Bonchev–Trinajstić information content (AvgIpc) is 3.51. The highest BCUT2D eigenvalue weighted by molar-refractivity contribution is 5.84. The molecule has 0 saturated carbocycles. The molecule has 5 heterocycles. The maximum atomic E-state index is 15.0. The summed E-state index contributed by atoms with van der Waals surface area (Å²) in [6.07, 6.45) is 4.76. The van der Waals surface area contributed by atoms with E-state index in [-0.39, 0.29) is 17.1 Å². The monoisotopic (exact) mass is 518 g/mol. The molecule has 2 saturated heterocycles. The van der Waals surface area contributed by atoms with Crippen LogP contribution in [0.2, 0.25) is 0 Å². The summed E-state index contributed by atoms with van der Waals surface area (Å²) in [5, 5.41) is 3.05. The van der Waals surface area contributed by atoms with Crippen LogP contribution in [0.4, 0.5) is 20.5 Å². The lowest BCUT2D eigenvalue weighted by atomic mass is 10.0. The van der Waals surface area contributed by atoms with Gasteiger partial charge in [-0.2, -0.15) is 0 Å². The second-order valence-electron chi connectivity index (χ2n) is 11.0. The molecule has 4 aromatic rings. The Morgan fingerprint density at radius 3 is 2.34 bits per heavy atom. The Bertz CT molecular complexity index is 1470. The first-order valence-corrected chi connectivity index (χ1v) is 13.1. The number of hydrogen-bond donors (Lipinski definition) is 1. The lowest BCUT2D eigenvalue weighted by Gasteiger charge is -2.18. The van der Waals surface area contributed by atoms with Crippen molar-refractivity contribution in [1.29, 1.82) is 0 Å². The topological polar surface area (TPSA) is 75.0 Å². The van der Waals surface area contributed by atoms with Crippen LogP contribution in [-0.4, -0.2) is 67.5 Å². The number of aromatic nitrogens is 5. The molecule has 0 aliphatic carbocycles. The number of anilines is 2. The number of likely N-dealkylation sites (tertiary alicyclic amines) is 2. The largest absolute Gasteiger partial charge is 0.326 e. The Balaban J connectivity index is 1.20. The SMILES string of the molecule is Cc1nc2c(F)cc(-c3cc(Nc4ncc(CN5C[C@H]6CN(C)C[C@H]6C5)cn4)ncc3F)cc2n1C(C)C. The van der Waals surface area contributed by atoms with Crippen LogP contribution in [0.3, 0.4) is 0 Å². The Morgan fingerprint density at radius 2 is 1.66 bits per heavy atom. The number of hydrogen-bond acceptors (Lipinski definition) is 7. The van der Waals surface area contributed by atoms with Gasteiger partial charge in [0.1, 0.15) is 23.0 Å². The zero-order valence-electron chi connectivity index (χ0n) is 22.1. The molecule has 38 heavy (non-hydrogen) atoms. The molecule has 3 aromatic heterocycles. The van der Waals surface area contributed by atoms with Gasteiger partial charge >= 0.3 is 0 Å². The summed E-state index contributed by atoms with van der Waals surface area (Å²) in [5.74, 6) is 1.94. The van der Waals surface area contributed by atoms with Gasteiger partial charge in [0.25, 0.3) is 0 Å². The van der Waals surface area contributed by atoms with E-state index in [9.17, 15) is 8.78 Å². The molecule has 8 nitrogen and oxygen atoms in total. The molecule has 1 N–H and O–H groups in total. The standard InChI is InChI=1S/C28H32F2N8/c1-16(2)38-17(3)34-27-23(29)5-19(6-25(27)38)22-7-26(31-10-24(22)30)35-28-32-8-18(9-33-28)11-37-14-20-12-36(4)13-21(20)15-37/h5-10,16,20-21H,11-15H2,1-4H3,(H,31,32,33,35)/t20-,21+. The van der Waals surface area contributed by atoms with Crippen molar-refractivity contribution in [2.24, 2.45) is 11.8 Å². The van der Waals surface area contributed by atoms with Crippen molar-refractivity contribution < 1.29 is 8.78 Å². The van der Waals surface area contributed by atoms with Crippen molar-refractivity contribution in [1.82, 2.24) is 34.3 Å². The van der Waals surface area contributed by atoms with Gasteiger partial charge in [0.15, 0.2) is 5.82 Å². The van der Waals surface area contributed by atoms with E-state index in [0.717, 1.165) is 43.2 Å². The molecule has 0 bridgehead atoms. The highest BCUT2D eigenvalue weighted by atomic mass is 19.1. The smallest absolute Gasteiger partial charge is 0.228 e. The number of rotatable bonds is 6. The minimum Gasteiger partial charge on any atom is -0.326 e. The minimum absolute atomic E-state index is 0.0843. The second kappa shape index (κ2) is 9.67. The number of nitrogens with one attached hydrogen (secondary N) is 1. The van der Waals surface area contributed by atoms with E-state index in [2.05, 4.69) is 42.1 Å². The van der Waals surface area contributed by atoms with Crippen molar-refractivity contribution in [2.45, 2.75) is 33.4 Å². The summed E-state index contributed by atoms with van der Waals surface area (Å²) < 4.78 is 31.8. The summed E-state index contributed by atoms with van der Waals surface area (Å²) >= 11 is 0. The van der Waals surface area contributed by atoms with Crippen molar-refractivity contribution in [3.8, 4) is 11.1 Å². The molecular weight excluding hydrogens is 486 g/mol. The number of nitrogens with zero attached hydrogens (tertiary/aromatic N) is 7. The Hall–Kier alpha value is -3.50. The fourth-order valence-corrected chi connectivity index (χ4v) is 6.13. The summed E-state index contributed by atoms with van der Waals surface area (Å²) in [6.45, 7) is 11.3. The van der Waals surface area contributed by atoms with E-state index >= 15 is 0 Å². The lowest BCUT2D eigenvalue weighted by Crippen LogP contribution is -2.26. The molecule has 1 aromatic carbocycles. The van der Waals surface area contributed by atoms with E-state index in [4.69, 9.17) is 0 Å². The first-order valence-electron chi connectivity index (χ1n) is 13.1. The zero-order valence-corrected chi connectivity index (χ0v) is 22.1. The molecule has 198 valence electrons. The molecule has 2 atom stereocenters. The Labute approximate surface area is 220 Å². The molecule has 0 radical (unpaired) electrons. The Morgan fingerprint density at radius 1 is 0.947 bits per heavy atom. The Kier molecular flexibility index (Phi) is 6.31. The fraction of sp³-hybridized carbons (Fsp3) is 0.429. The predicted molar refractivity (Wildman–Crippen MR) is 143 cm³/mol. The second-order valence-corrected chi connectivity index (χ2v) is 11.0. The minimum atomic E-state index is -0.542. The number of aryl methyl sites for hydroxylation is 1. The van der Waals surface area contributed by atoms with Crippen molar-refractivity contribution >= 4 is 22.8 Å². The van der Waals surface area contributed by atoms with Crippen LogP contribution in [-0.2, 0) is 6.54 Å². The number of fused-ring (bicyclic) bond motifs is 2. The quantitative estimate of drug-likeness (QED) is 0.393. The van der Waals surface area contributed by atoms with Crippen LogP contribution in [0.1, 0.15) is 31.3 Å². The maximum Gasteiger partial charge on any atom is 0.228 e.